The highest BCUT2D eigenvalue weighted by Crippen LogP contribution is 2.29. The van der Waals surface area contributed by atoms with Crippen LogP contribution in [0, 0.1) is 12.7 Å². The monoisotopic (exact) mass is 404 g/mol. The summed E-state index contributed by atoms with van der Waals surface area (Å²) in [5, 5.41) is 21.8. The SMILES string of the molecule is Cc1ccc(-c2nnc(Sc3ccc4nnc(-c5ccccc5F)n4n3)o2)cc1. The van der Waals surface area contributed by atoms with Crippen molar-refractivity contribution >= 4 is 17.4 Å². The summed E-state index contributed by atoms with van der Waals surface area (Å²) in [6, 6.07) is 17.7. The average molecular weight is 404 g/mol. The van der Waals surface area contributed by atoms with Crippen molar-refractivity contribution in [2.24, 2.45) is 0 Å². The number of hydrogen-bond donors (Lipinski definition) is 0. The van der Waals surface area contributed by atoms with Crippen LogP contribution in [-0.4, -0.2) is 30.0 Å². The molecule has 0 spiro atoms. The first kappa shape index (κ1) is 17.5. The molecule has 9 heteroatoms. The Kier molecular flexibility index (Phi) is 4.28. The number of hydrogen-bond acceptors (Lipinski definition) is 7. The number of aromatic nitrogens is 6. The van der Waals surface area contributed by atoms with Crippen molar-refractivity contribution < 1.29 is 8.81 Å². The Bertz CT molecular complexity index is 1310. The highest BCUT2D eigenvalue weighted by molar-refractivity contribution is 7.99. The van der Waals surface area contributed by atoms with E-state index in [9.17, 15) is 4.39 Å². The maximum Gasteiger partial charge on any atom is 0.283 e. The molecule has 5 aromatic rings. The first-order valence-electron chi connectivity index (χ1n) is 8.73. The summed E-state index contributed by atoms with van der Waals surface area (Å²) in [5.74, 6) is 0.373. The molecule has 5 rings (SSSR count). The first-order valence-corrected chi connectivity index (χ1v) is 9.55. The van der Waals surface area contributed by atoms with Gasteiger partial charge in [0.05, 0.1) is 5.56 Å². The highest BCUT2D eigenvalue weighted by atomic mass is 32.2. The molecule has 0 aliphatic carbocycles. The van der Waals surface area contributed by atoms with Crippen molar-refractivity contribution in [2.75, 3.05) is 0 Å². The zero-order chi connectivity index (χ0) is 19.8. The minimum atomic E-state index is -0.388. The Labute approximate surface area is 168 Å². The molecule has 2 aromatic carbocycles. The maximum atomic E-state index is 14.2. The van der Waals surface area contributed by atoms with E-state index >= 15 is 0 Å². The number of rotatable bonds is 4. The van der Waals surface area contributed by atoms with E-state index in [1.54, 1.807) is 30.3 Å². The molecule has 0 radical (unpaired) electrons. The van der Waals surface area contributed by atoms with E-state index in [0.717, 1.165) is 11.1 Å². The lowest BCUT2D eigenvalue weighted by Gasteiger charge is -2.02. The zero-order valence-electron chi connectivity index (χ0n) is 15.2. The van der Waals surface area contributed by atoms with Gasteiger partial charge in [-0.3, -0.25) is 0 Å². The number of nitrogens with zero attached hydrogens (tertiary/aromatic N) is 6. The Morgan fingerprint density at radius 2 is 1.72 bits per heavy atom. The van der Waals surface area contributed by atoms with E-state index in [2.05, 4.69) is 25.5 Å². The van der Waals surface area contributed by atoms with Crippen LogP contribution >= 0.6 is 11.8 Å². The van der Waals surface area contributed by atoms with Crippen molar-refractivity contribution in [3.63, 3.8) is 0 Å². The van der Waals surface area contributed by atoms with Gasteiger partial charge in [0.1, 0.15) is 10.8 Å². The third-order valence-electron chi connectivity index (χ3n) is 4.25. The molecular weight excluding hydrogens is 391 g/mol. The van der Waals surface area contributed by atoms with E-state index in [-0.39, 0.29) is 5.82 Å². The van der Waals surface area contributed by atoms with Gasteiger partial charge in [-0.25, -0.2) is 4.39 Å². The summed E-state index contributed by atoms with van der Waals surface area (Å²) in [5.41, 5.74) is 2.84. The summed E-state index contributed by atoms with van der Waals surface area (Å²) in [7, 11) is 0. The van der Waals surface area contributed by atoms with Gasteiger partial charge in [-0.1, -0.05) is 29.8 Å². The van der Waals surface area contributed by atoms with E-state index in [4.69, 9.17) is 4.42 Å². The molecule has 142 valence electrons. The molecule has 0 fully saturated rings. The molecule has 3 aromatic heterocycles. The van der Waals surface area contributed by atoms with Gasteiger partial charge in [0, 0.05) is 5.56 Å². The van der Waals surface area contributed by atoms with Crippen molar-refractivity contribution in [3.05, 3.63) is 72.0 Å². The van der Waals surface area contributed by atoms with Crippen LogP contribution in [-0.2, 0) is 0 Å². The maximum absolute atomic E-state index is 14.2. The largest absolute Gasteiger partial charge is 0.411 e. The molecule has 0 aliphatic rings. The van der Waals surface area contributed by atoms with E-state index < -0.39 is 0 Å². The van der Waals surface area contributed by atoms with Crippen LogP contribution in [0.5, 0.6) is 0 Å². The molecule has 0 N–H and O–H groups in total. The second kappa shape index (κ2) is 7.10. The van der Waals surface area contributed by atoms with Gasteiger partial charge in [-0.2, -0.15) is 9.61 Å². The minimum absolute atomic E-state index is 0.325. The molecule has 0 bridgehead atoms. The van der Waals surface area contributed by atoms with Crippen LogP contribution in [0.1, 0.15) is 5.56 Å². The molecular formula is C20H13FN6OS. The number of aryl methyl sites for hydroxylation is 1. The standard InChI is InChI=1S/C20H13FN6OS/c1-12-6-8-13(9-7-12)19-24-25-20(28-19)29-17-11-10-16-22-23-18(27(16)26-17)14-4-2-3-5-15(14)21/h2-11H,1H3. The molecule has 0 amide bonds. The summed E-state index contributed by atoms with van der Waals surface area (Å²) < 4.78 is 21.4. The molecule has 0 unspecified atom stereocenters. The zero-order valence-corrected chi connectivity index (χ0v) is 16.0. The molecule has 0 saturated heterocycles. The Hall–Kier alpha value is -3.59. The molecule has 29 heavy (non-hydrogen) atoms. The van der Waals surface area contributed by atoms with Crippen LogP contribution in [0.2, 0.25) is 0 Å². The summed E-state index contributed by atoms with van der Waals surface area (Å²) >= 11 is 1.21. The summed E-state index contributed by atoms with van der Waals surface area (Å²) in [6.45, 7) is 2.02. The fourth-order valence-electron chi connectivity index (χ4n) is 2.79. The highest BCUT2D eigenvalue weighted by Gasteiger charge is 2.15. The Balaban J connectivity index is 1.46. The van der Waals surface area contributed by atoms with Gasteiger partial charge in [-0.05, 0) is 55.1 Å². The molecule has 0 saturated carbocycles. The lowest BCUT2D eigenvalue weighted by molar-refractivity contribution is 0.465. The Morgan fingerprint density at radius 3 is 2.55 bits per heavy atom. The number of fused-ring (bicyclic) bond motifs is 1. The Morgan fingerprint density at radius 1 is 0.897 bits per heavy atom. The molecule has 0 atom stereocenters. The summed E-state index contributed by atoms with van der Waals surface area (Å²) in [6.07, 6.45) is 0. The second-order valence-electron chi connectivity index (χ2n) is 6.29. The van der Waals surface area contributed by atoms with E-state index in [1.165, 1.54) is 22.3 Å². The fourth-order valence-corrected chi connectivity index (χ4v) is 3.43. The van der Waals surface area contributed by atoms with Crippen LogP contribution in [0.3, 0.4) is 0 Å². The van der Waals surface area contributed by atoms with Crippen molar-refractivity contribution in [1.29, 1.82) is 0 Å². The van der Waals surface area contributed by atoms with Gasteiger partial charge >= 0.3 is 0 Å². The van der Waals surface area contributed by atoms with Gasteiger partial charge in [-0.15, -0.1) is 20.4 Å². The lowest BCUT2D eigenvalue weighted by atomic mass is 10.1. The molecule has 3 heterocycles. The fraction of sp³-hybridized carbons (Fsp3) is 0.0500. The van der Waals surface area contributed by atoms with Crippen LogP contribution in [0.15, 0.2) is 75.3 Å². The van der Waals surface area contributed by atoms with Gasteiger partial charge in [0.15, 0.2) is 11.5 Å². The normalized spacial score (nSPS) is 11.2. The predicted octanol–water partition coefficient (Wildman–Crippen LogP) is 4.44. The van der Waals surface area contributed by atoms with Crippen molar-refractivity contribution in [2.45, 2.75) is 17.2 Å². The second-order valence-corrected chi connectivity index (χ2v) is 7.26. The van der Waals surface area contributed by atoms with Gasteiger partial charge in [0.25, 0.3) is 5.22 Å². The smallest absolute Gasteiger partial charge is 0.283 e. The topological polar surface area (TPSA) is 82.0 Å². The quantitative estimate of drug-likeness (QED) is 0.438. The van der Waals surface area contributed by atoms with Crippen molar-refractivity contribution in [3.8, 4) is 22.8 Å². The average Bonchev–Trinajstić information content (AvgIpc) is 3.36. The number of benzene rings is 2. The van der Waals surface area contributed by atoms with E-state index in [1.807, 2.05) is 31.2 Å². The number of halogens is 1. The van der Waals surface area contributed by atoms with E-state index in [0.29, 0.717) is 33.2 Å². The van der Waals surface area contributed by atoms with Crippen molar-refractivity contribution in [1.82, 2.24) is 30.0 Å². The van der Waals surface area contributed by atoms with Crippen LogP contribution < -0.4 is 0 Å². The summed E-state index contributed by atoms with van der Waals surface area (Å²) in [4.78, 5) is 0. The van der Waals surface area contributed by atoms with Crippen LogP contribution in [0.25, 0.3) is 28.5 Å². The third-order valence-corrected chi connectivity index (χ3v) is 5.02. The van der Waals surface area contributed by atoms with Gasteiger partial charge in [0.2, 0.25) is 5.89 Å². The van der Waals surface area contributed by atoms with Gasteiger partial charge < -0.3 is 4.42 Å². The predicted molar refractivity (Wildman–Crippen MR) is 105 cm³/mol. The molecule has 7 nitrogen and oxygen atoms in total. The van der Waals surface area contributed by atoms with Crippen LogP contribution in [0.4, 0.5) is 4.39 Å². The lowest BCUT2D eigenvalue weighted by Crippen LogP contribution is -1.97. The first-order chi connectivity index (χ1) is 14.2. The minimum Gasteiger partial charge on any atom is -0.411 e. The molecule has 0 aliphatic heterocycles. The third kappa shape index (κ3) is 3.36.